The Morgan fingerprint density at radius 2 is 1.55 bits per heavy atom. The van der Waals surface area contributed by atoms with Crippen molar-refractivity contribution in [1.29, 1.82) is 5.26 Å². The van der Waals surface area contributed by atoms with Crippen molar-refractivity contribution >= 4 is 38.3 Å². The summed E-state index contributed by atoms with van der Waals surface area (Å²) in [7, 11) is -5.35. The van der Waals surface area contributed by atoms with Crippen LogP contribution < -0.4 is 5.32 Å². The molecule has 1 atom stereocenters. The van der Waals surface area contributed by atoms with Crippen LogP contribution in [-0.4, -0.2) is 47.3 Å². The van der Waals surface area contributed by atoms with Crippen LogP contribution in [0.5, 0.6) is 0 Å². The van der Waals surface area contributed by atoms with E-state index in [1.54, 1.807) is 12.1 Å². The summed E-state index contributed by atoms with van der Waals surface area (Å²) in [5, 5.41) is 13.9. The number of halogens is 4. The highest BCUT2D eigenvalue weighted by atomic mass is 35.5. The molecule has 3 aromatic carbocycles. The first kappa shape index (κ1) is 27.8. The lowest BCUT2D eigenvalue weighted by Gasteiger charge is -2.32. The number of benzene rings is 3. The molecule has 0 amide bonds. The molecule has 5 rings (SSSR count). The van der Waals surface area contributed by atoms with Gasteiger partial charge < -0.3 is 5.32 Å². The fourth-order valence-electron chi connectivity index (χ4n) is 4.93. The number of rotatable bonds is 6. The molecule has 40 heavy (non-hydrogen) atoms. The zero-order valence-corrected chi connectivity index (χ0v) is 22.5. The zero-order chi connectivity index (χ0) is 28.5. The molecule has 0 spiro atoms. The zero-order valence-electron chi connectivity index (χ0n) is 20.9. The van der Waals surface area contributed by atoms with Gasteiger partial charge in [0.05, 0.1) is 17.1 Å². The molecule has 0 saturated carbocycles. The van der Waals surface area contributed by atoms with Gasteiger partial charge in [0.1, 0.15) is 12.1 Å². The number of aromatic nitrogens is 2. The van der Waals surface area contributed by atoms with Crippen molar-refractivity contribution in [3.05, 3.63) is 100 Å². The van der Waals surface area contributed by atoms with Crippen LogP contribution in [0.4, 0.5) is 19.0 Å². The van der Waals surface area contributed by atoms with Crippen molar-refractivity contribution < 1.29 is 21.6 Å². The van der Waals surface area contributed by atoms with Crippen LogP contribution in [0.3, 0.4) is 0 Å². The highest BCUT2D eigenvalue weighted by Gasteiger charge is 2.50. The average molecular weight is 586 g/mol. The maximum atomic E-state index is 13.0. The van der Waals surface area contributed by atoms with Gasteiger partial charge in [-0.1, -0.05) is 41.9 Å². The molecular formula is C28H23ClF3N5O2S. The number of sulfonamides is 1. The topological polar surface area (TPSA) is 99.0 Å². The monoisotopic (exact) mass is 585 g/mol. The van der Waals surface area contributed by atoms with Crippen LogP contribution in [0.2, 0.25) is 5.02 Å². The Hall–Kier alpha value is -3.72. The van der Waals surface area contributed by atoms with E-state index in [9.17, 15) is 26.9 Å². The number of nitrogens with one attached hydrogen (secondary N) is 1. The van der Waals surface area contributed by atoms with E-state index < -0.39 is 15.5 Å². The molecule has 0 radical (unpaired) electrons. The van der Waals surface area contributed by atoms with E-state index in [-0.39, 0.29) is 37.9 Å². The standard InChI is InChI=1S/C28H23ClF3N5O2S/c29-22-8-5-20(6-9-22)26(19-3-1-18(16-33)2-4-19)21-7-10-25-24(15-21)27(35-17-34-25)36-23-11-13-37(14-12-23)40(38,39)28(30,31)32/h1-10,15,17,23,26H,11-14H2,(H,34,35,36). The second-order valence-electron chi connectivity index (χ2n) is 9.49. The summed E-state index contributed by atoms with van der Waals surface area (Å²) in [6, 6.07) is 22.5. The van der Waals surface area contributed by atoms with E-state index in [2.05, 4.69) is 21.4 Å². The van der Waals surface area contributed by atoms with Crippen LogP contribution in [0.15, 0.2) is 73.1 Å². The minimum absolute atomic E-state index is 0.194. The lowest BCUT2D eigenvalue weighted by atomic mass is 9.84. The van der Waals surface area contributed by atoms with Gasteiger partial charge in [-0.15, -0.1) is 0 Å². The molecule has 7 nitrogen and oxygen atoms in total. The number of anilines is 1. The molecule has 1 unspecified atom stereocenters. The Balaban J connectivity index is 1.46. The SMILES string of the molecule is N#Cc1ccc(C(c2ccc(Cl)cc2)c2ccc3ncnc(NC4CCN(S(=O)(=O)C(F)(F)F)CC4)c3c2)cc1. The molecule has 1 N–H and O–H groups in total. The van der Waals surface area contributed by atoms with Crippen molar-refractivity contribution in [2.75, 3.05) is 18.4 Å². The number of hydrogen-bond acceptors (Lipinski definition) is 6. The molecule has 1 aliphatic heterocycles. The van der Waals surface area contributed by atoms with Crippen LogP contribution in [0.1, 0.15) is 41.0 Å². The lowest BCUT2D eigenvalue weighted by molar-refractivity contribution is -0.0494. The fraction of sp³-hybridized carbons (Fsp3) is 0.250. The molecular weight excluding hydrogens is 563 g/mol. The van der Waals surface area contributed by atoms with Gasteiger partial charge in [0, 0.05) is 35.5 Å². The third-order valence-electron chi connectivity index (χ3n) is 7.00. The molecule has 2 heterocycles. The maximum absolute atomic E-state index is 13.0. The molecule has 206 valence electrons. The smallest absolute Gasteiger partial charge is 0.367 e. The van der Waals surface area contributed by atoms with Gasteiger partial charge in [-0.05, 0) is 65.9 Å². The summed E-state index contributed by atoms with van der Waals surface area (Å²) in [4.78, 5) is 8.77. The van der Waals surface area contributed by atoms with E-state index in [1.165, 1.54) is 6.33 Å². The van der Waals surface area contributed by atoms with Crippen LogP contribution in [0, 0.1) is 11.3 Å². The quantitative estimate of drug-likeness (QED) is 0.276. The summed E-state index contributed by atoms with van der Waals surface area (Å²) in [6.07, 6.45) is 1.79. The van der Waals surface area contributed by atoms with Gasteiger partial charge in [-0.25, -0.2) is 18.4 Å². The summed E-state index contributed by atoms with van der Waals surface area (Å²) >= 11 is 6.14. The highest BCUT2D eigenvalue weighted by Crippen LogP contribution is 2.36. The van der Waals surface area contributed by atoms with Gasteiger partial charge in [-0.3, -0.25) is 0 Å². The highest BCUT2D eigenvalue weighted by molar-refractivity contribution is 7.90. The number of alkyl halides is 3. The maximum Gasteiger partial charge on any atom is 0.511 e. The molecule has 12 heteroatoms. The molecule has 0 bridgehead atoms. The van der Waals surface area contributed by atoms with Crippen molar-refractivity contribution in [3.8, 4) is 6.07 Å². The predicted molar refractivity (Wildman–Crippen MR) is 146 cm³/mol. The van der Waals surface area contributed by atoms with Crippen LogP contribution in [-0.2, 0) is 10.0 Å². The summed E-state index contributed by atoms with van der Waals surface area (Å²) < 4.78 is 62.9. The molecule has 1 aliphatic rings. The van der Waals surface area contributed by atoms with Gasteiger partial charge in [0.25, 0.3) is 0 Å². The van der Waals surface area contributed by atoms with E-state index in [0.29, 0.717) is 26.2 Å². The Morgan fingerprint density at radius 3 is 2.15 bits per heavy atom. The normalized spacial score (nSPS) is 16.0. The van der Waals surface area contributed by atoms with Crippen LogP contribution >= 0.6 is 11.6 Å². The molecule has 4 aromatic rings. The van der Waals surface area contributed by atoms with Gasteiger partial charge in [0.15, 0.2) is 0 Å². The second kappa shape index (κ2) is 11.0. The first-order valence-electron chi connectivity index (χ1n) is 12.4. The number of piperidine rings is 1. The Labute approximate surface area is 234 Å². The first-order chi connectivity index (χ1) is 19.1. The van der Waals surface area contributed by atoms with Gasteiger partial charge in [0.2, 0.25) is 0 Å². The van der Waals surface area contributed by atoms with Crippen molar-refractivity contribution in [2.24, 2.45) is 0 Å². The largest absolute Gasteiger partial charge is 0.511 e. The third kappa shape index (κ3) is 5.61. The molecule has 1 aromatic heterocycles. The van der Waals surface area contributed by atoms with Crippen molar-refractivity contribution in [1.82, 2.24) is 14.3 Å². The number of nitriles is 1. The number of fused-ring (bicyclic) bond motifs is 1. The molecule has 0 aliphatic carbocycles. The van der Waals surface area contributed by atoms with E-state index in [4.69, 9.17) is 11.6 Å². The minimum Gasteiger partial charge on any atom is -0.367 e. The number of nitrogens with zero attached hydrogens (tertiary/aromatic N) is 4. The summed E-state index contributed by atoms with van der Waals surface area (Å²) in [6.45, 7) is -0.490. The Morgan fingerprint density at radius 1 is 0.950 bits per heavy atom. The Kier molecular flexibility index (Phi) is 7.68. The molecule has 1 fully saturated rings. The van der Waals surface area contributed by atoms with Crippen LogP contribution in [0.25, 0.3) is 10.9 Å². The van der Waals surface area contributed by atoms with E-state index >= 15 is 0 Å². The predicted octanol–water partition coefficient (Wildman–Crippen LogP) is 6.06. The Bertz CT molecular complexity index is 1670. The average Bonchev–Trinajstić information content (AvgIpc) is 2.94. The minimum atomic E-state index is -5.35. The third-order valence-corrected chi connectivity index (χ3v) is 8.88. The lowest BCUT2D eigenvalue weighted by Crippen LogP contribution is -2.47. The van der Waals surface area contributed by atoms with E-state index in [1.807, 2.05) is 54.6 Å². The fourth-order valence-corrected chi connectivity index (χ4v) is 6.04. The number of hydrogen-bond donors (Lipinski definition) is 1. The van der Waals surface area contributed by atoms with Crippen molar-refractivity contribution in [3.63, 3.8) is 0 Å². The van der Waals surface area contributed by atoms with Gasteiger partial charge in [-0.2, -0.15) is 22.7 Å². The first-order valence-corrected chi connectivity index (χ1v) is 14.2. The van der Waals surface area contributed by atoms with E-state index in [0.717, 1.165) is 22.1 Å². The van der Waals surface area contributed by atoms with Crippen molar-refractivity contribution in [2.45, 2.75) is 30.3 Å². The van der Waals surface area contributed by atoms with Gasteiger partial charge >= 0.3 is 15.5 Å². The summed E-state index contributed by atoms with van der Waals surface area (Å²) in [5.41, 5.74) is -1.21. The second-order valence-corrected chi connectivity index (χ2v) is 11.9. The molecule has 1 saturated heterocycles. The summed E-state index contributed by atoms with van der Waals surface area (Å²) in [5.74, 6) is 0.317.